The highest BCUT2D eigenvalue weighted by molar-refractivity contribution is 14.1. The van der Waals surface area contributed by atoms with E-state index in [-0.39, 0.29) is 12.3 Å². The van der Waals surface area contributed by atoms with E-state index in [0.717, 1.165) is 25.6 Å². The molecule has 0 aliphatic carbocycles. The fourth-order valence-corrected chi connectivity index (χ4v) is 4.44. The van der Waals surface area contributed by atoms with Crippen LogP contribution in [0, 0.1) is 3.57 Å². The lowest BCUT2D eigenvalue weighted by Crippen LogP contribution is -2.19. The van der Waals surface area contributed by atoms with Crippen molar-refractivity contribution >= 4 is 57.1 Å². The van der Waals surface area contributed by atoms with Crippen LogP contribution >= 0.6 is 34.2 Å². The Hall–Kier alpha value is -3.10. The summed E-state index contributed by atoms with van der Waals surface area (Å²) in [6, 6.07) is 25.3. The first-order chi connectivity index (χ1) is 16.5. The van der Waals surface area contributed by atoms with Crippen molar-refractivity contribution in [3.63, 3.8) is 0 Å². The fraction of sp³-hybridized carbons (Fsp3) is 0.111. The molecule has 0 bridgehead atoms. The first kappa shape index (κ1) is 24.0. The molecule has 0 fully saturated rings. The summed E-state index contributed by atoms with van der Waals surface area (Å²) in [6.07, 6.45) is 1.80. The predicted molar refractivity (Wildman–Crippen MR) is 145 cm³/mol. The molecule has 4 aromatic carbocycles. The minimum atomic E-state index is -0.213. The molecule has 7 heteroatoms. The number of nitrogens with zero attached hydrogens (tertiary/aromatic N) is 1. The number of fused-ring (bicyclic) bond motifs is 1. The van der Waals surface area contributed by atoms with E-state index < -0.39 is 0 Å². The van der Waals surface area contributed by atoms with Crippen LogP contribution in [0.15, 0.2) is 84.0 Å². The zero-order chi connectivity index (χ0) is 23.9. The van der Waals surface area contributed by atoms with Crippen LogP contribution < -0.4 is 14.9 Å². The van der Waals surface area contributed by atoms with E-state index in [1.807, 2.05) is 42.5 Å². The SMILES string of the molecule is COc1cc(/C=N\NC(=O)Cc2ccc(Cl)cc2)cc(I)c1OCc1cccc2ccccc12. The summed E-state index contributed by atoms with van der Waals surface area (Å²) in [4.78, 5) is 12.1. The van der Waals surface area contributed by atoms with Crippen LogP contribution in [0.3, 0.4) is 0 Å². The quantitative estimate of drug-likeness (QED) is 0.149. The van der Waals surface area contributed by atoms with E-state index >= 15 is 0 Å². The second-order valence-corrected chi connectivity index (χ2v) is 9.16. The van der Waals surface area contributed by atoms with Crippen LogP contribution in [0.2, 0.25) is 5.02 Å². The lowest BCUT2D eigenvalue weighted by molar-refractivity contribution is -0.120. The van der Waals surface area contributed by atoms with Crippen molar-refractivity contribution in [2.45, 2.75) is 13.0 Å². The summed E-state index contributed by atoms with van der Waals surface area (Å²) in [7, 11) is 1.60. The number of amides is 1. The molecule has 0 unspecified atom stereocenters. The van der Waals surface area contributed by atoms with Crippen LogP contribution in [0.25, 0.3) is 10.8 Å². The van der Waals surface area contributed by atoms with Gasteiger partial charge in [-0.15, -0.1) is 0 Å². The Morgan fingerprint density at radius 1 is 1.06 bits per heavy atom. The Morgan fingerprint density at radius 3 is 2.62 bits per heavy atom. The van der Waals surface area contributed by atoms with Crippen LogP contribution in [0.4, 0.5) is 0 Å². The summed E-state index contributed by atoms with van der Waals surface area (Å²) in [5.41, 5.74) is 5.30. The number of hydrazone groups is 1. The highest BCUT2D eigenvalue weighted by Crippen LogP contribution is 2.34. The number of methoxy groups -OCH3 is 1. The Labute approximate surface area is 216 Å². The number of nitrogens with one attached hydrogen (secondary N) is 1. The third kappa shape index (κ3) is 6.07. The van der Waals surface area contributed by atoms with Crippen molar-refractivity contribution in [1.29, 1.82) is 0 Å². The highest BCUT2D eigenvalue weighted by Gasteiger charge is 2.12. The normalized spacial score (nSPS) is 11.0. The smallest absolute Gasteiger partial charge is 0.244 e. The molecule has 0 atom stereocenters. The van der Waals surface area contributed by atoms with E-state index in [0.29, 0.717) is 23.1 Å². The van der Waals surface area contributed by atoms with Gasteiger partial charge in [0.15, 0.2) is 11.5 Å². The second-order valence-electron chi connectivity index (χ2n) is 7.56. The molecule has 0 saturated heterocycles. The molecular formula is C27H22ClIN2O3. The average molecular weight is 585 g/mol. The molecule has 0 aliphatic heterocycles. The van der Waals surface area contributed by atoms with E-state index in [1.54, 1.807) is 25.5 Å². The van der Waals surface area contributed by atoms with Gasteiger partial charge in [0.05, 0.1) is 23.3 Å². The minimum absolute atomic E-state index is 0.213. The average Bonchev–Trinajstić information content (AvgIpc) is 2.84. The number of hydrogen-bond donors (Lipinski definition) is 1. The maximum absolute atomic E-state index is 12.1. The number of ether oxygens (including phenoxy) is 2. The second kappa shape index (κ2) is 11.4. The van der Waals surface area contributed by atoms with E-state index in [2.05, 4.69) is 57.4 Å². The number of benzene rings is 4. The van der Waals surface area contributed by atoms with Gasteiger partial charge in [0, 0.05) is 5.02 Å². The van der Waals surface area contributed by atoms with Gasteiger partial charge in [-0.2, -0.15) is 5.10 Å². The van der Waals surface area contributed by atoms with Crippen LogP contribution in [-0.4, -0.2) is 19.2 Å². The molecule has 172 valence electrons. The number of carbonyl (C=O) groups excluding carboxylic acids is 1. The summed E-state index contributed by atoms with van der Waals surface area (Å²) < 4.78 is 12.6. The fourth-order valence-electron chi connectivity index (χ4n) is 3.53. The molecule has 0 saturated carbocycles. The van der Waals surface area contributed by atoms with Crippen molar-refractivity contribution in [3.05, 3.63) is 104 Å². The van der Waals surface area contributed by atoms with Gasteiger partial charge in [0.25, 0.3) is 0 Å². The molecule has 4 rings (SSSR count). The molecule has 34 heavy (non-hydrogen) atoms. The van der Waals surface area contributed by atoms with Gasteiger partial charge in [0.2, 0.25) is 5.91 Å². The lowest BCUT2D eigenvalue weighted by Gasteiger charge is -2.14. The van der Waals surface area contributed by atoms with Crippen LogP contribution in [0.5, 0.6) is 11.5 Å². The maximum Gasteiger partial charge on any atom is 0.244 e. The van der Waals surface area contributed by atoms with Gasteiger partial charge >= 0.3 is 0 Å². The molecule has 4 aromatic rings. The van der Waals surface area contributed by atoms with Gasteiger partial charge in [-0.1, -0.05) is 66.2 Å². The largest absolute Gasteiger partial charge is 0.493 e. The van der Waals surface area contributed by atoms with Crippen molar-refractivity contribution < 1.29 is 14.3 Å². The number of halogens is 2. The summed E-state index contributed by atoms with van der Waals surface area (Å²) in [5.74, 6) is 1.05. The van der Waals surface area contributed by atoms with Crippen molar-refractivity contribution in [2.75, 3.05) is 7.11 Å². The molecule has 0 heterocycles. The topological polar surface area (TPSA) is 59.9 Å². The predicted octanol–water partition coefficient (Wildman–Crippen LogP) is 6.38. The summed E-state index contributed by atoms with van der Waals surface area (Å²) in [5, 5.41) is 7.05. The molecule has 0 spiro atoms. The standard InChI is InChI=1S/C27H22ClIN2O3/c1-33-25-14-19(16-30-31-26(32)15-18-9-11-22(28)12-10-18)13-24(29)27(25)34-17-21-7-4-6-20-5-2-3-8-23(20)21/h2-14,16H,15,17H2,1H3,(H,31,32)/b30-16-. The number of carbonyl (C=O) groups is 1. The minimum Gasteiger partial charge on any atom is -0.493 e. The molecular weight excluding hydrogens is 563 g/mol. The van der Waals surface area contributed by atoms with Crippen LogP contribution in [0.1, 0.15) is 16.7 Å². The first-order valence-electron chi connectivity index (χ1n) is 10.6. The maximum atomic E-state index is 12.1. The Bertz CT molecular complexity index is 1330. The van der Waals surface area contributed by atoms with E-state index in [1.165, 1.54) is 5.39 Å². The Kier molecular flexibility index (Phi) is 8.03. The van der Waals surface area contributed by atoms with Gasteiger partial charge < -0.3 is 9.47 Å². The van der Waals surface area contributed by atoms with Gasteiger partial charge in [0.1, 0.15) is 6.61 Å². The van der Waals surface area contributed by atoms with E-state index in [4.69, 9.17) is 21.1 Å². The Balaban J connectivity index is 1.43. The molecule has 0 aliphatic rings. The Morgan fingerprint density at radius 2 is 1.82 bits per heavy atom. The van der Waals surface area contributed by atoms with Crippen molar-refractivity contribution in [2.24, 2.45) is 5.10 Å². The van der Waals surface area contributed by atoms with Gasteiger partial charge in [-0.05, 0) is 74.3 Å². The van der Waals surface area contributed by atoms with Gasteiger partial charge in [-0.3, -0.25) is 4.79 Å². The molecule has 0 radical (unpaired) electrons. The zero-order valence-corrected chi connectivity index (χ0v) is 21.3. The zero-order valence-electron chi connectivity index (χ0n) is 18.4. The first-order valence-corrected chi connectivity index (χ1v) is 12.0. The van der Waals surface area contributed by atoms with E-state index in [9.17, 15) is 4.79 Å². The monoisotopic (exact) mass is 584 g/mol. The molecule has 0 aromatic heterocycles. The van der Waals surface area contributed by atoms with Crippen LogP contribution in [-0.2, 0) is 17.8 Å². The summed E-state index contributed by atoms with van der Waals surface area (Å²) >= 11 is 8.09. The van der Waals surface area contributed by atoms with Crippen molar-refractivity contribution in [3.8, 4) is 11.5 Å². The number of rotatable bonds is 8. The number of hydrogen-bond acceptors (Lipinski definition) is 4. The third-order valence-electron chi connectivity index (χ3n) is 5.18. The molecule has 1 N–H and O–H groups in total. The summed E-state index contributed by atoms with van der Waals surface area (Å²) in [6.45, 7) is 0.419. The van der Waals surface area contributed by atoms with Gasteiger partial charge in [-0.25, -0.2) is 5.43 Å². The molecule has 5 nitrogen and oxygen atoms in total. The van der Waals surface area contributed by atoms with Crippen molar-refractivity contribution in [1.82, 2.24) is 5.43 Å². The molecule has 1 amide bonds. The third-order valence-corrected chi connectivity index (χ3v) is 6.24. The highest BCUT2D eigenvalue weighted by atomic mass is 127. The lowest BCUT2D eigenvalue weighted by atomic mass is 10.1.